The highest BCUT2D eigenvalue weighted by Gasteiger charge is 2.25. The molecule has 7 nitrogen and oxygen atoms in total. The third kappa shape index (κ3) is 5.45. The van der Waals surface area contributed by atoms with Crippen molar-refractivity contribution in [2.24, 2.45) is 0 Å². The standard InChI is InChI=1S/C33H33N5O2/c1-2-3-14-28-34-32(38-20-9-19-37(21-22-38)29(39)18-15-24-10-5-4-6-11-24)30-31(36-40-33(30)35-28)27-17-16-25-12-7-8-13-26(25)23-27/h4-8,10-13,15-18,23H,2-3,9,14,19-22H2,1H3/b18-15+. The van der Waals surface area contributed by atoms with Crippen LogP contribution in [0.5, 0.6) is 0 Å². The SMILES string of the molecule is CCCCc1nc(N2CCCN(C(=O)/C=C/c3ccccc3)CC2)c2c(-c3ccc4ccccc4c3)noc2n1. The van der Waals surface area contributed by atoms with Crippen LogP contribution in [0.2, 0.25) is 0 Å². The van der Waals surface area contributed by atoms with E-state index in [9.17, 15) is 4.79 Å². The first-order valence-corrected chi connectivity index (χ1v) is 14.1. The summed E-state index contributed by atoms with van der Waals surface area (Å²) in [5.41, 5.74) is 3.26. The van der Waals surface area contributed by atoms with E-state index in [-0.39, 0.29) is 5.91 Å². The zero-order valence-corrected chi connectivity index (χ0v) is 22.8. The molecule has 0 saturated carbocycles. The maximum absolute atomic E-state index is 13.0. The molecule has 1 aliphatic rings. The molecule has 40 heavy (non-hydrogen) atoms. The molecular formula is C33H33N5O2. The minimum Gasteiger partial charge on any atom is -0.354 e. The summed E-state index contributed by atoms with van der Waals surface area (Å²) in [5, 5.41) is 7.64. The summed E-state index contributed by atoms with van der Waals surface area (Å²) in [6.07, 6.45) is 7.26. The highest BCUT2D eigenvalue weighted by atomic mass is 16.5. The van der Waals surface area contributed by atoms with Crippen LogP contribution in [0.1, 0.15) is 37.6 Å². The number of fused-ring (bicyclic) bond motifs is 2. The van der Waals surface area contributed by atoms with Crippen molar-refractivity contribution in [3.05, 3.63) is 90.3 Å². The Balaban J connectivity index is 1.32. The molecule has 202 valence electrons. The van der Waals surface area contributed by atoms with Gasteiger partial charge in [-0.15, -0.1) is 0 Å². The number of hydrogen-bond donors (Lipinski definition) is 0. The minimum absolute atomic E-state index is 0.0315. The molecule has 0 spiro atoms. The maximum atomic E-state index is 13.0. The van der Waals surface area contributed by atoms with Crippen LogP contribution in [0.15, 0.2) is 83.4 Å². The molecule has 7 heteroatoms. The Morgan fingerprint density at radius 1 is 0.925 bits per heavy atom. The lowest BCUT2D eigenvalue weighted by molar-refractivity contribution is -0.125. The number of carbonyl (C=O) groups is 1. The smallest absolute Gasteiger partial charge is 0.263 e. The Labute approximate surface area is 234 Å². The second-order valence-corrected chi connectivity index (χ2v) is 10.3. The monoisotopic (exact) mass is 531 g/mol. The van der Waals surface area contributed by atoms with Crippen molar-refractivity contribution >= 4 is 39.7 Å². The Hall–Kier alpha value is -4.52. The summed E-state index contributed by atoms with van der Waals surface area (Å²) >= 11 is 0. The summed E-state index contributed by atoms with van der Waals surface area (Å²) in [7, 11) is 0. The predicted octanol–water partition coefficient (Wildman–Crippen LogP) is 6.53. The normalized spacial score (nSPS) is 14.3. The van der Waals surface area contributed by atoms with Gasteiger partial charge in [-0.05, 0) is 41.3 Å². The summed E-state index contributed by atoms with van der Waals surface area (Å²) in [5.74, 6) is 1.65. The van der Waals surface area contributed by atoms with Crippen molar-refractivity contribution in [2.75, 3.05) is 31.1 Å². The molecule has 1 saturated heterocycles. The number of aryl methyl sites for hydroxylation is 1. The van der Waals surface area contributed by atoms with Crippen molar-refractivity contribution in [1.82, 2.24) is 20.0 Å². The topological polar surface area (TPSA) is 75.4 Å². The van der Waals surface area contributed by atoms with E-state index < -0.39 is 0 Å². The van der Waals surface area contributed by atoms with Crippen molar-refractivity contribution in [2.45, 2.75) is 32.6 Å². The number of carbonyl (C=O) groups excluding carboxylic acids is 1. The molecule has 2 aromatic heterocycles. The zero-order valence-electron chi connectivity index (χ0n) is 22.8. The molecule has 1 amide bonds. The molecule has 3 heterocycles. The Morgan fingerprint density at radius 2 is 1.75 bits per heavy atom. The van der Waals surface area contributed by atoms with Gasteiger partial charge in [-0.25, -0.2) is 4.98 Å². The fourth-order valence-corrected chi connectivity index (χ4v) is 5.28. The van der Waals surface area contributed by atoms with Crippen molar-refractivity contribution in [3.63, 3.8) is 0 Å². The van der Waals surface area contributed by atoms with Crippen molar-refractivity contribution in [3.8, 4) is 11.3 Å². The second-order valence-electron chi connectivity index (χ2n) is 10.3. The van der Waals surface area contributed by atoms with E-state index in [1.54, 1.807) is 6.08 Å². The van der Waals surface area contributed by atoms with Gasteiger partial charge in [0.05, 0.1) is 0 Å². The maximum Gasteiger partial charge on any atom is 0.263 e. The molecule has 1 fully saturated rings. The first-order chi connectivity index (χ1) is 19.7. The number of rotatable bonds is 7. The van der Waals surface area contributed by atoms with E-state index in [1.165, 1.54) is 5.39 Å². The van der Waals surface area contributed by atoms with Crippen LogP contribution in [0.3, 0.4) is 0 Å². The number of aromatic nitrogens is 3. The molecule has 0 N–H and O–H groups in total. The fraction of sp³-hybridized carbons (Fsp3) is 0.273. The van der Waals surface area contributed by atoms with Crippen molar-refractivity contribution in [1.29, 1.82) is 0 Å². The molecule has 5 aromatic rings. The van der Waals surface area contributed by atoms with Gasteiger partial charge < -0.3 is 14.3 Å². The van der Waals surface area contributed by atoms with Crippen LogP contribution >= 0.6 is 0 Å². The van der Waals surface area contributed by atoms with E-state index in [1.807, 2.05) is 53.4 Å². The largest absolute Gasteiger partial charge is 0.354 e. The lowest BCUT2D eigenvalue weighted by Gasteiger charge is -2.23. The van der Waals surface area contributed by atoms with Crippen LogP contribution in [0.25, 0.3) is 39.2 Å². The van der Waals surface area contributed by atoms with Crippen LogP contribution in [-0.2, 0) is 11.2 Å². The molecule has 0 aliphatic carbocycles. The third-order valence-electron chi connectivity index (χ3n) is 7.47. The molecule has 0 unspecified atom stereocenters. The molecular weight excluding hydrogens is 498 g/mol. The van der Waals surface area contributed by atoms with Crippen molar-refractivity contribution < 1.29 is 9.32 Å². The molecule has 1 aliphatic heterocycles. The molecule has 0 atom stereocenters. The van der Waals surface area contributed by atoms with Crippen LogP contribution in [0, 0.1) is 0 Å². The molecule has 0 bridgehead atoms. The summed E-state index contributed by atoms with van der Waals surface area (Å²) in [6.45, 7) is 4.94. The van der Waals surface area contributed by atoms with Crippen LogP contribution in [0.4, 0.5) is 5.82 Å². The van der Waals surface area contributed by atoms with E-state index in [2.05, 4.69) is 47.3 Å². The molecule has 6 rings (SSSR count). The predicted molar refractivity (Wildman–Crippen MR) is 160 cm³/mol. The number of unbranched alkanes of at least 4 members (excludes halogenated alkanes) is 1. The number of anilines is 1. The number of amides is 1. The first-order valence-electron chi connectivity index (χ1n) is 14.1. The van der Waals surface area contributed by atoms with Gasteiger partial charge in [0.2, 0.25) is 5.91 Å². The number of benzene rings is 3. The lowest BCUT2D eigenvalue weighted by Crippen LogP contribution is -2.34. The first kappa shape index (κ1) is 25.7. The third-order valence-corrected chi connectivity index (χ3v) is 7.47. The van der Waals surface area contributed by atoms with Crippen LogP contribution in [-0.4, -0.2) is 52.1 Å². The van der Waals surface area contributed by atoms with E-state index in [0.717, 1.165) is 71.5 Å². The van der Waals surface area contributed by atoms with Gasteiger partial charge >= 0.3 is 0 Å². The van der Waals surface area contributed by atoms with Gasteiger partial charge in [0.15, 0.2) is 0 Å². The van der Waals surface area contributed by atoms with E-state index in [0.29, 0.717) is 25.3 Å². The van der Waals surface area contributed by atoms with Gasteiger partial charge in [0.1, 0.15) is 22.7 Å². The summed E-state index contributed by atoms with van der Waals surface area (Å²) < 4.78 is 5.83. The lowest BCUT2D eigenvalue weighted by atomic mass is 10.0. The fourth-order valence-electron chi connectivity index (χ4n) is 5.28. The second kappa shape index (κ2) is 11.7. The molecule has 0 radical (unpaired) electrons. The Bertz CT molecular complexity index is 1660. The molecule has 3 aromatic carbocycles. The minimum atomic E-state index is 0.0315. The summed E-state index contributed by atoms with van der Waals surface area (Å²) in [6, 6.07) is 24.5. The quantitative estimate of drug-likeness (QED) is 0.222. The Morgan fingerprint density at radius 3 is 2.60 bits per heavy atom. The average Bonchev–Trinajstić information content (AvgIpc) is 3.27. The van der Waals surface area contributed by atoms with Gasteiger partial charge in [0, 0.05) is 44.2 Å². The summed E-state index contributed by atoms with van der Waals surface area (Å²) in [4.78, 5) is 27.0. The van der Waals surface area contributed by atoms with E-state index >= 15 is 0 Å². The highest BCUT2D eigenvalue weighted by Crippen LogP contribution is 2.35. The van der Waals surface area contributed by atoms with Gasteiger partial charge in [0.25, 0.3) is 5.71 Å². The van der Waals surface area contributed by atoms with Gasteiger partial charge in [-0.2, -0.15) is 4.98 Å². The Kier molecular flexibility index (Phi) is 7.53. The average molecular weight is 532 g/mol. The van der Waals surface area contributed by atoms with Crippen LogP contribution < -0.4 is 4.90 Å². The number of hydrogen-bond acceptors (Lipinski definition) is 6. The van der Waals surface area contributed by atoms with Gasteiger partial charge in [-0.1, -0.05) is 85.2 Å². The number of nitrogens with zero attached hydrogens (tertiary/aromatic N) is 5. The highest BCUT2D eigenvalue weighted by molar-refractivity contribution is 6.00. The van der Waals surface area contributed by atoms with Gasteiger partial charge in [-0.3, -0.25) is 4.79 Å². The zero-order chi connectivity index (χ0) is 27.3. The van der Waals surface area contributed by atoms with E-state index in [4.69, 9.17) is 14.5 Å².